The molecule has 1 fully saturated rings. The van der Waals surface area contributed by atoms with Crippen LogP contribution in [0.3, 0.4) is 0 Å². The lowest BCUT2D eigenvalue weighted by Crippen LogP contribution is -2.44. The highest BCUT2D eigenvalue weighted by molar-refractivity contribution is 7.89. The summed E-state index contributed by atoms with van der Waals surface area (Å²) in [5, 5.41) is -0.117. The molecule has 1 aliphatic heterocycles. The number of pyridine rings is 1. The van der Waals surface area contributed by atoms with Gasteiger partial charge in [0.1, 0.15) is 6.73 Å². The van der Waals surface area contributed by atoms with Gasteiger partial charge in [-0.2, -0.15) is 0 Å². The van der Waals surface area contributed by atoms with Gasteiger partial charge in [-0.25, -0.2) is 18.1 Å². The summed E-state index contributed by atoms with van der Waals surface area (Å²) in [6.45, 7) is 4.51. The highest BCUT2D eigenvalue weighted by Crippen LogP contribution is 2.23. The average Bonchev–Trinajstić information content (AvgIpc) is 2.77. The molecule has 0 aliphatic carbocycles. The Balaban J connectivity index is 2.25. The smallest absolute Gasteiger partial charge is 0.257 e. The summed E-state index contributed by atoms with van der Waals surface area (Å²) in [7, 11) is -2.29. The minimum Gasteiger partial charge on any atom is -0.359 e. The molecule has 2 rings (SSSR count). The Morgan fingerprint density at radius 1 is 1.45 bits per heavy atom. The topological polar surface area (TPSA) is 88.6 Å². The number of sulfonamides is 1. The molecule has 7 nitrogen and oxygen atoms in total. The molecule has 20 heavy (non-hydrogen) atoms. The van der Waals surface area contributed by atoms with Gasteiger partial charge in [-0.3, -0.25) is 4.79 Å². The van der Waals surface area contributed by atoms with Crippen molar-refractivity contribution in [2.24, 2.45) is 0 Å². The number of rotatable bonds is 3. The van der Waals surface area contributed by atoms with Crippen molar-refractivity contribution >= 4 is 15.9 Å². The standard InChI is InChI=1S/C12H17N3O4S/c1-12(2)7-19-8-15(12)11(16)9-4-5-10(14-6-9)20(17,18)13-3/h4-6,13H,7-8H2,1-3H3. The van der Waals surface area contributed by atoms with Gasteiger partial charge in [-0.1, -0.05) is 0 Å². The predicted octanol–water partition coefficient (Wildman–Crippen LogP) is 0.198. The van der Waals surface area contributed by atoms with Crippen LogP contribution >= 0.6 is 0 Å². The molecule has 110 valence electrons. The monoisotopic (exact) mass is 299 g/mol. The Hall–Kier alpha value is -1.51. The second-order valence-electron chi connectivity index (χ2n) is 5.12. The maximum absolute atomic E-state index is 12.3. The van der Waals surface area contributed by atoms with Crippen molar-refractivity contribution in [2.45, 2.75) is 24.4 Å². The fraction of sp³-hybridized carbons (Fsp3) is 0.500. The van der Waals surface area contributed by atoms with E-state index < -0.39 is 10.0 Å². The van der Waals surface area contributed by atoms with Crippen LogP contribution in [0.2, 0.25) is 0 Å². The Morgan fingerprint density at radius 3 is 2.60 bits per heavy atom. The van der Waals surface area contributed by atoms with Crippen LogP contribution in [0, 0.1) is 0 Å². The van der Waals surface area contributed by atoms with E-state index in [0.29, 0.717) is 12.2 Å². The molecule has 0 bridgehead atoms. The van der Waals surface area contributed by atoms with Crippen LogP contribution in [0.15, 0.2) is 23.4 Å². The van der Waals surface area contributed by atoms with E-state index in [0.717, 1.165) is 0 Å². The Morgan fingerprint density at radius 2 is 2.15 bits per heavy atom. The summed E-state index contributed by atoms with van der Waals surface area (Å²) in [5.41, 5.74) is -0.0501. The fourth-order valence-electron chi connectivity index (χ4n) is 1.90. The van der Waals surface area contributed by atoms with Crippen LogP contribution in [0.4, 0.5) is 0 Å². The highest BCUT2D eigenvalue weighted by atomic mass is 32.2. The van der Waals surface area contributed by atoms with Crippen LogP contribution in [0.5, 0.6) is 0 Å². The van der Waals surface area contributed by atoms with Crippen LogP contribution in [0.1, 0.15) is 24.2 Å². The quantitative estimate of drug-likeness (QED) is 0.861. The van der Waals surface area contributed by atoms with E-state index in [-0.39, 0.29) is 23.2 Å². The van der Waals surface area contributed by atoms with E-state index in [4.69, 9.17) is 4.74 Å². The van der Waals surface area contributed by atoms with E-state index >= 15 is 0 Å². The van der Waals surface area contributed by atoms with Gasteiger partial charge in [0.25, 0.3) is 15.9 Å². The van der Waals surface area contributed by atoms with Gasteiger partial charge in [0.15, 0.2) is 5.03 Å². The lowest BCUT2D eigenvalue weighted by atomic mass is 10.1. The third-order valence-corrected chi connectivity index (χ3v) is 4.51. The Bertz CT molecular complexity index is 610. The number of amides is 1. The molecule has 0 radical (unpaired) electrons. The SMILES string of the molecule is CNS(=O)(=O)c1ccc(C(=O)N2COCC2(C)C)cn1. The first-order chi connectivity index (χ1) is 9.28. The van der Waals surface area contributed by atoms with Gasteiger partial charge < -0.3 is 9.64 Å². The third-order valence-electron chi connectivity index (χ3n) is 3.18. The van der Waals surface area contributed by atoms with Crippen LogP contribution < -0.4 is 4.72 Å². The first kappa shape index (κ1) is 14.9. The number of ether oxygens (including phenoxy) is 1. The summed E-state index contributed by atoms with van der Waals surface area (Å²) in [4.78, 5) is 17.8. The second kappa shape index (κ2) is 5.12. The molecular formula is C12H17N3O4S. The number of hydrogen-bond acceptors (Lipinski definition) is 5. The van der Waals surface area contributed by atoms with Gasteiger partial charge in [-0.05, 0) is 33.0 Å². The lowest BCUT2D eigenvalue weighted by molar-refractivity contribution is 0.0605. The predicted molar refractivity (Wildman–Crippen MR) is 71.6 cm³/mol. The molecule has 0 aromatic carbocycles. The summed E-state index contributed by atoms with van der Waals surface area (Å²) in [6, 6.07) is 2.76. The molecular weight excluding hydrogens is 282 g/mol. The first-order valence-electron chi connectivity index (χ1n) is 6.07. The second-order valence-corrected chi connectivity index (χ2v) is 6.95. The summed E-state index contributed by atoms with van der Waals surface area (Å²) in [6.07, 6.45) is 1.26. The van der Waals surface area contributed by atoms with E-state index in [9.17, 15) is 13.2 Å². The average molecular weight is 299 g/mol. The minimum atomic E-state index is -3.59. The Labute approximate surface area is 118 Å². The van der Waals surface area contributed by atoms with E-state index in [2.05, 4.69) is 9.71 Å². The summed E-state index contributed by atoms with van der Waals surface area (Å²) in [5.74, 6) is -0.228. The summed E-state index contributed by atoms with van der Waals surface area (Å²) < 4.78 is 30.6. The molecule has 0 saturated carbocycles. The van der Waals surface area contributed by atoms with Crippen molar-refractivity contribution in [1.29, 1.82) is 0 Å². The molecule has 0 atom stereocenters. The van der Waals surface area contributed by atoms with Crippen molar-refractivity contribution in [1.82, 2.24) is 14.6 Å². The summed E-state index contributed by atoms with van der Waals surface area (Å²) >= 11 is 0. The number of carbonyl (C=O) groups excluding carboxylic acids is 1. The van der Waals surface area contributed by atoms with Crippen LogP contribution in [-0.2, 0) is 14.8 Å². The number of nitrogens with one attached hydrogen (secondary N) is 1. The van der Waals surface area contributed by atoms with Crippen molar-refractivity contribution in [3.05, 3.63) is 23.9 Å². The molecule has 1 saturated heterocycles. The normalized spacial score (nSPS) is 18.2. The minimum absolute atomic E-state index is 0.117. The van der Waals surface area contributed by atoms with Crippen molar-refractivity contribution in [2.75, 3.05) is 20.4 Å². The molecule has 0 unspecified atom stereocenters. The maximum atomic E-state index is 12.3. The third kappa shape index (κ3) is 2.67. The van der Waals surface area contributed by atoms with Gasteiger partial charge in [0.05, 0.1) is 17.7 Å². The molecule has 8 heteroatoms. The van der Waals surface area contributed by atoms with Gasteiger partial charge in [0.2, 0.25) is 0 Å². The zero-order valence-corrected chi connectivity index (χ0v) is 12.4. The number of hydrogen-bond donors (Lipinski definition) is 1. The van der Waals surface area contributed by atoms with Crippen LogP contribution in [-0.4, -0.2) is 50.1 Å². The molecule has 1 aliphatic rings. The van der Waals surface area contributed by atoms with Crippen molar-refractivity contribution < 1.29 is 17.9 Å². The molecule has 2 heterocycles. The highest BCUT2D eigenvalue weighted by Gasteiger charge is 2.37. The first-order valence-corrected chi connectivity index (χ1v) is 7.55. The molecule has 1 amide bonds. The fourth-order valence-corrected chi connectivity index (χ4v) is 2.55. The lowest BCUT2D eigenvalue weighted by Gasteiger charge is -2.29. The largest absolute Gasteiger partial charge is 0.359 e. The number of aromatic nitrogens is 1. The number of nitrogens with zero attached hydrogens (tertiary/aromatic N) is 2. The van der Waals surface area contributed by atoms with Gasteiger partial charge >= 0.3 is 0 Å². The van der Waals surface area contributed by atoms with E-state index in [1.54, 1.807) is 4.90 Å². The zero-order valence-electron chi connectivity index (χ0n) is 11.6. The van der Waals surface area contributed by atoms with Crippen molar-refractivity contribution in [3.8, 4) is 0 Å². The molecule has 1 N–H and O–H groups in total. The van der Waals surface area contributed by atoms with Crippen LogP contribution in [0.25, 0.3) is 0 Å². The van der Waals surface area contributed by atoms with E-state index in [1.807, 2.05) is 13.8 Å². The number of carbonyl (C=O) groups is 1. The van der Waals surface area contributed by atoms with Gasteiger partial charge in [0, 0.05) is 6.20 Å². The van der Waals surface area contributed by atoms with Crippen molar-refractivity contribution in [3.63, 3.8) is 0 Å². The van der Waals surface area contributed by atoms with E-state index in [1.165, 1.54) is 25.4 Å². The zero-order chi connectivity index (χ0) is 15.0. The molecule has 1 aromatic heterocycles. The molecule has 0 spiro atoms. The maximum Gasteiger partial charge on any atom is 0.257 e. The molecule has 1 aromatic rings. The van der Waals surface area contributed by atoms with Gasteiger partial charge in [-0.15, -0.1) is 0 Å². The Kier molecular flexibility index (Phi) is 3.81.